The van der Waals surface area contributed by atoms with Crippen molar-refractivity contribution in [3.8, 4) is 5.75 Å². The number of aldehydes is 2. The summed E-state index contributed by atoms with van der Waals surface area (Å²) in [5.74, 6) is -0.653. The highest BCUT2D eigenvalue weighted by Gasteiger charge is 2.18. The quantitative estimate of drug-likeness (QED) is 0.282. The monoisotopic (exact) mass is 430 g/mol. The Hall–Kier alpha value is -1.70. The molecule has 1 unspecified atom stereocenters. The fourth-order valence-electron chi connectivity index (χ4n) is 2.10. The van der Waals surface area contributed by atoms with Crippen LogP contribution in [-0.4, -0.2) is 30.3 Å². The lowest BCUT2D eigenvalue weighted by Gasteiger charge is -2.13. The Morgan fingerprint density at radius 2 is 2.13 bits per heavy atom. The summed E-state index contributed by atoms with van der Waals surface area (Å²) in [6, 6.07) is 5.19. The van der Waals surface area contributed by atoms with E-state index < -0.39 is 11.9 Å². The van der Waals surface area contributed by atoms with Crippen molar-refractivity contribution in [1.82, 2.24) is 0 Å². The first-order chi connectivity index (χ1) is 11.0. The number of ether oxygens (including phenoxy) is 1. The van der Waals surface area contributed by atoms with Gasteiger partial charge in [0.05, 0.1) is 16.6 Å². The molecule has 0 aliphatic carbocycles. The van der Waals surface area contributed by atoms with E-state index in [9.17, 15) is 19.5 Å². The zero-order valence-electron chi connectivity index (χ0n) is 12.8. The maximum absolute atomic E-state index is 11.9. The first-order valence-electron chi connectivity index (χ1n) is 7.19. The molecule has 0 heterocycles. The minimum absolute atomic E-state index is 0.00423. The molecule has 0 saturated heterocycles. The highest BCUT2D eigenvalue weighted by atomic mass is 127. The average molecular weight is 430 g/mol. The van der Waals surface area contributed by atoms with Gasteiger partial charge in [-0.3, -0.25) is 9.59 Å². The Morgan fingerprint density at radius 3 is 2.70 bits per heavy atom. The molecule has 1 aromatic carbocycles. The molecule has 6 heteroatoms. The fraction of sp³-hybridized carbons (Fsp3) is 0.353. The van der Waals surface area contributed by atoms with Crippen molar-refractivity contribution in [1.29, 1.82) is 0 Å². The van der Waals surface area contributed by atoms with E-state index in [1.807, 2.05) is 28.7 Å². The van der Waals surface area contributed by atoms with Gasteiger partial charge in [-0.15, -0.1) is 0 Å². The number of esters is 1. The highest BCUT2D eigenvalue weighted by Crippen LogP contribution is 2.21. The number of carbonyl (C=O) groups excluding carboxylic acids is 3. The number of hydrogen-bond donors (Lipinski definition) is 1. The number of benzene rings is 1. The second-order valence-corrected chi connectivity index (χ2v) is 6.13. The molecule has 5 nitrogen and oxygen atoms in total. The Bertz CT molecular complexity index is 595. The van der Waals surface area contributed by atoms with E-state index >= 15 is 0 Å². The molecule has 0 spiro atoms. The molecule has 0 radical (unpaired) electrons. The van der Waals surface area contributed by atoms with Crippen LogP contribution >= 0.6 is 22.6 Å². The zero-order valence-corrected chi connectivity index (χ0v) is 15.0. The molecule has 0 aliphatic rings. The normalized spacial score (nSPS) is 12.5. The largest absolute Gasteiger partial charge is 0.507 e. The summed E-state index contributed by atoms with van der Waals surface area (Å²) in [7, 11) is 0. The predicted octanol–water partition coefficient (Wildman–Crippen LogP) is 2.82. The second kappa shape index (κ2) is 10.1. The molecule has 124 valence electrons. The summed E-state index contributed by atoms with van der Waals surface area (Å²) < 4.78 is 5.91. The van der Waals surface area contributed by atoms with Crippen LogP contribution in [-0.2, 0) is 25.5 Å². The predicted molar refractivity (Wildman–Crippen MR) is 94.1 cm³/mol. The van der Waals surface area contributed by atoms with E-state index in [2.05, 4.69) is 0 Å². The van der Waals surface area contributed by atoms with Gasteiger partial charge in [0, 0.05) is 18.8 Å². The van der Waals surface area contributed by atoms with Crippen molar-refractivity contribution in [3.63, 3.8) is 0 Å². The van der Waals surface area contributed by atoms with Gasteiger partial charge >= 0.3 is 5.97 Å². The van der Waals surface area contributed by atoms with E-state index in [1.54, 1.807) is 25.1 Å². The van der Waals surface area contributed by atoms with Gasteiger partial charge in [-0.1, -0.05) is 12.1 Å². The molecule has 0 bridgehead atoms. The van der Waals surface area contributed by atoms with Crippen LogP contribution in [0.3, 0.4) is 0 Å². The van der Waals surface area contributed by atoms with Crippen LogP contribution in [0.4, 0.5) is 0 Å². The van der Waals surface area contributed by atoms with E-state index in [0.717, 1.165) is 9.13 Å². The van der Waals surface area contributed by atoms with Gasteiger partial charge in [0.2, 0.25) is 0 Å². The lowest BCUT2D eigenvalue weighted by molar-refractivity contribution is -0.144. The van der Waals surface area contributed by atoms with Crippen LogP contribution in [0.15, 0.2) is 29.8 Å². The van der Waals surface area contributed by atoms with Gasteiger partial charge in [-0.05, 0) is 52.8 Å². The molecule has 1 N–H and O–H groups in total. The maximum atomic E-state index is 11.9. The fourth-order valence-corrected chi connectivity index (χ4v) is 2.68. The Labute approximate surface area is 148 Å². The summed E-state index contributed by atoms with van der Waals surface area (Å²) in [6.07, 6.45) is 3.62. The Kier molecular flexibility index (Phi) is 8.53. The minimum Gasteiger partial charge on any atom is -0.507 e. The Morgan fingerprint density at radius 1 is 1.39 bits per heavy atom. The van der Waals surface area contributed by atoms with Crippen LogP contribution < -0.4 is 0 Å². The number of phenols is 1. The van der Waals surface area contributed by atoms with Gasteiger partial charge in [0.1, 0.15) is 18.3 Å². The SMILES string of the molecule is C/C=C(/C=O)C(CC=O)CC(=O)OCCc1ccc(O)c(I)c1. The zero-order chi connectivity index (χ0) is 17.2. The number of rotatable bonds is 9. The maximum Gasteiger partial charge on any atom is 0.306 e. The van der Waals surface area contributed by atoms with Gasteiger partial charge in [-0.25, -0.2) is 0 Å². The Balaban J connectivity index is 2.50. The van der Waals surface area contributed by atoms with E-state index in [0.29, 0.717) is 24.6 Å². The van der Waals surface area contributed by atoms with Gasteiger partial charge in [0.25, 0.3) is 0 Å². The number of carbonyl (C=O) groups is 3. The van der Waals surface area contributed by atoms with Crippen LogP contribution in [0, 0.1) is 9.49 Å². The summed E-state index contributed by atoms with van der Waals surface area (Å²) >= 11 is 2.03. The first-order valence-corrected chi connectivity index (χ1v) is 8.27. The summed E-state index contributed by atoms with van der Waals surface area (Å²) in [5, 5.41) is 9.45. The molecule has 23 heavy (non-hydrogen) atoms. The molecule has 0 aromatic heterocycles. The molecular formula is C17H19IO5. The molecule has 0 fully saturated rings. The third-order valence-corrected chi connectivity index (χ3v) is 4.26. The van der Waals surface area contributed by atoms with Gasteiger partial charge in [0.15, 0.2) is 0 Å². The molecule has 1 atom stereocenters. The number of allylic oxidation sites excluding steroid dienone is 2. The summed E-state index contributed by atoms with van der Waals surface area (Å²) in [4.78, 5) is 33.5. The van der Waals surface area contributed by atoms with Crippen LogP contribution in [0.1, 0.15) is 25.3 Å². The lowest BCUT2D eigenvalue weighted by Crippen LogP contribution is -2.16. The van der Waals surface area contributed by atoms with Crippen molar-refractivity contribution in [2.24, 2.45) is 5.92 Å². The van der Waals surface area contributed by atoms with Crippen molar-refractivity contribution < 1.29 is 24.2 Å². The van der Waals surface area contributed by atoms with Crippen LogP contribution in [0.2, 0.25) is 0 Å². The second-order valence-electron chi connectivity index (χ2n) is 4.97. The number of hydrogen-bond acceptors (Lipinski definition) is 5. The highest BCUT2D eigenvalue weighted by molar-refractivity contribution is 14.1. The van der Waals surface area contributed by atoms with Gasteiger partial charge < -0.3 is 14.6 Å². The van der Waals surface area contributed by atoms with E-state index in [-0.39, 0.29) is 25.2 Å². The van der Waals surface area contributed by atoms with Crippen molar-refractivity contribution >= 4 is 41.1 Å². The van der Waals surface area contributed by atoms with Crippen molar-refractivity contribution in [2.75, 3.05) is 6.61 Å². The minimum atomic E-state index is -0.438. The smallest absolute Gasteiger partial charge is 0.306 e. The van der Waals surface area contributed by atoms with Gasteiger partial charge in [-0.2, -0.15) is 0 Å². The number of aromatic hydroxyl groups is 1. The average Bonchev–Trinajstić information content (AvgIpc) is 2.52. The van der Waals surface area contributed by atoms with E-state index in [1.165, 1.54) is 0 Å². The third kappa shape index (κ3) is 6.52. The molecule has 1 aromatic rings. The molecule has 1 rings (SSSR count). The standard InChI is InChI=1S/C17H19IO5/c1-2-13(11-20)14(5-7-19)10-17(22)23-8-6-12-3-4-16(21)15(18)9-12/h2-4,7,9,11,14,21H,5-6,8,10H2,1H3/b13-2-. The number of phenolic OH excluding ortho intramolecular Hbond substituents is 1. The summed E-state index contributed by atoms with van der Waals surface area (Å²) in [5.41, 5.74) is 1.38. The topological polar surface area (TPSA) is 80.7 Å². The molecular weight excluding hydrogens is 411 g/mol. The first kappa shape index (κ1) is 19.3. The third-order valence-electron chi connectivity index (χ3n) is 3.40. The van der Waals surface area contributed by atoms with E-state index in [4.69, 9.17) is 4.74 Å². The molecule has 0 saturated carbocycles. The van der Waals surface area contributed by atoms with Crippen molar-refractivity contribution in [3.05, 3.63) is 39.0 Å². The van der Waals surface area contributed by atoms with Crippen molar-refractivity contribution in [2.45, 2.75) is 26.2 Å². The molecule has 0 amide bonds. The molecule has 0 aliphatic heterocycles. The lowest BCUT2D eigenvalue weighted by atomic mass is 9.93. The van der Waals surface area contributed by atoms with Crippen LogP contribution in [0.25, 0.3) is 0 Å². The summed E-state index contributed by atoms with van der Waals surface area (Å²) in [6.45, 7) is 1.90. The van der Waals surface area contributed by atoms with Crippen LogP contribution in [0.5, 0.6) is 5.75 Å². The number of halogens is 1.